The van der Waals surface area contributed by atoms with E-state index in [1.807, 2.05) is 0 Å². The molecule has 0 spiro atoms. The molecule has 3 aliphatic heterocycles. The Kier molecular flexibility index (Phi) is 3.53. The summed E-state index contributed by atoms with van der Waals surface area (Å²) in [6, 6.07) is 6.79. The Morgan fingerprint density at radius 1 is 1.26 bits per heavy atom. The number of rotatable bonds is 3. The predicted molar refractivity (Wildman–Crippen MR) is 84.0 cm³/mol. The molecule has 2 bridgehead atoms. The number of hydrogen-bond donors (Lipinski definition) is 2. The van der Waals surface area contributed by atoms with Crippen LogP contribution in [0, 0.1) is 5.92 Å². The highest BCUT2D eigenvalue weighted by Gasteiger charge is 2.35. The van der Waals surface area contributed by atoms with Crippen molar-refractivity contribution < 1.29 is 14.3 Å². The van der Waals surface area contributed by atoms with Crippen molar-refractivity contribution in [3.63, 3.8) is 0 Å². The molecule has 2 N–H and O–H groups in total. The predicted octanol–water partition coefficient (Wildman–Crippen LogP) is 1.87. The topological polar surface area (TPSA) is 78.6 Å². The van der Waals surface area contributed by atoms with E-state index in [-0.39, 0.29) is 23.6 Å². The minimum absolute atomic E-state index is 0.0875. The number of hydrogen-bond acceptors (Lipinski definition) is 5. The highest BCUT2D eigenvalue weighted by atomic mass is 16.4. The smallest absolute Gasteiger partial charge is 0.307 e. The summed E-state index contributed by atoms with van der Waals surface area (Å²) in [5.41, 5.74) is 0.775. The van der Waals surface area contributed by atoms with E-state index in [0.29, 0.717) is 11.7 Å². The van der Waals surface area contributed by atoms with Crippen molar-refractivity contribution >= 4 is 5.91 Å². The molecule has 5 rings (SSSR count). The van der Waals surface area contributed by atoms with E-state index >= 15 is 0 Å². The van der Waals surface area contributed by atoms with E-state index in [2.05, 4.69) is 15.2 Å². The number of fused-ring (bicyclic) bond motifs is 3. The van der Waals surface area contributed by atoms with Gasteiger partial charge in [0, 0.05) is 18.2 Å². The number of aromatic hydroxyl groups is 1. The fourth-order valence-electron chi connectivity index (χ4n) is 3.50. The summed E-state index contributed by atoms with van der Waals surface area (Å²) >= 11 is 0. The van der Waals surface area contributed by atoms with Crippen LogP contribution in [-0.4, -0.2) is 46.6 Å². The van der Waals surface area contributed by atoms with Crippen molar-refractivity contribution in [1.82, 2.24) is 15.2 Å². The summed E-state index contributed by atoms with van der Waals surface area (Å²) < 4.78 is 5.57. The molecule has 6 nitrogen and oxygen atoms in total. The lowest BCUT2D eigenvalue weighted by Crippen LogP contribution is -2.57. The molecular formula is C17H19N3O3. The van der Waals surface area contributed by atoms with Crippen LogP contribution < -0.4 is 5.32 Å². The zero-order valence-corrected chi connectivity index (χ0v) is 12.7. The van der Waals surface area contributed by atoms with Gasteiger partial charge in [-0.2, -0.15) is 0 Å². The van der Waals surface area contributed by atoms with E-state index in [0.717, 1.165) is 38.0 Å². The Labute approximate surface area is 134 Å². The molecule has 1 aromatic carbocycles. The fraction of sp³-hybridized carbons (Fsp3) is 0.412. The van der Waals surface area contributed by atoms with Gasteiger partial charge in [0.25, 0.3) is 5.89 Å². The Hall–Kier alpha value is -2.34. The van der Waals surface area contributed by atoms with Crippen molar-refractivity contribution in [3.05, 3.63) is 36.4 Å². The summed E-state index contributed by atoms with van der Waals surface area (Å²) in [7, 11) is 0. The van der Waals surface area contributed by atoms with Gasteiger partial charge in [-0.3, -0.25) is 4.79 Å². The molecule has 6 heteroatoms. The van der Waals surface area contributed by atoms with E-state index in [1.54, 1.807) is 24.3 Å². The first-order valence-corrected chi connectivity index (χ1v) is 7.97. The van der Waals surface area contributed by atoms with Gasteiger partial charge in [0.15, 0.2) is 5.76 Å². The third kappa shape index (κ3) is 2.82. The highest BCUT2D eigenvalue weighted by molar-refractivity contribution is 5.90. The molecule has 3 saturated heterocycles. The quantitative estimate of drug-likeness (QED) is 0.904. The first-order chi connectivity index (χ1) is 11.2. The number of piperidine rings is 3. The van der Waals surface area contributed by atoms with E-state index in [4.69, 9.17) is 4.42 Å². The molecule has 2 aromatic rings. The first-order valence-electron chi connectivity index (χ1n) is 7.97. The van der Waals surface area contributed by atoms with Crippen LogP contribution in [0.4, 0.5) is 0 Å². The second-order valence-electron chi connectivity index (χ2n) is 6.29. The van der Waals surface area contributed by atoms with Gasteiger partial charge in [0.2, 0.25) is 0 Å². The van der Waals surface area contributed by atoms with Crippen LogP contribution in [0.25, 0.3) is 11.3 Å². The molecule has 1 unspecified atom stereocenters. The minimum atomic E-state index is -0.256. The summed E-state index contributed by atoms with van der Waals surface area (Å²) in [4.78, 5) is 18.8. The molecular weight excluding hydrogens is 294 g/mol. The average molecular weight is 313 g/mol. The highest BCUT2D eigenvalue weighted by Crippen LogP contribution is 2.28. The second kappa shape index (κ2) is 5.70. The zero-order chi connectivity index (χ0) is 15.8. The number of carbonyl (C=O) groups excluding carboxylic acids is 1. The maximum Gasteiger partial charge on any atom is 0.307 e. The number of nitrogens with one attached hydrogen (secondary N) is 1. The Balaban J connectivity index is 1.46. The maximum absolute atomic E-state index is 12.4. The van der Waals surface area contributed by atoms with Gasteiger partial charge in [-0.1, -0.05) is 0 Å². The van der Waals surface area contributed by atoms with E-state index < -0.39 is 0 Å². The van der Waals surface area contributed by atoms with Gasteiger partial charge < -0.3 is 19.7 Å². The van der Waals surface area contributed by atoms with E-state index in [9.17, 15) is 9.90 Å². The number of nitrogens with zero attached hydrogens (tertiary/aromatic N) is 2. The van der Waals surface area contributed by atoms with Crippen LogP contribution in [0.5, 0.6) is 5.75 Å². The van der Waals surface area contributed by atoms with Gasteiger partial charge in [0.05, 0.1) is 6.20 Å². The molecule has 1 amide bonds. The summed E-state index contributed by atoms with van der Waals surface area (Å²) in [5, 5.41) is 12.4. The second-order valence-corrected chi connectivity index (χ2v) is 6.29. The van der Waals surface area contributed by atoms with Crippen LogP contribution in [-0.2, 0) is 0 Å². The SMILES string of the molecule is O=C(NC1CN2CCC1CC2)c1ncc(-c2ccc(O)cc2)o1. The number of carbonyl (C=O) groups is 1. The van der Waals surface area contributed by atoms with Crippen molar-refractivity contribution in [3.8, 4) is 17.1 Å². The average Bonchev–Trinajstić information content (AvgIpc) is 3.07. The molecule has 0 saturated carbocycles. The monoisotopic (exact) mass is 313 g/mol. The van der Waals surface area contributed by atoms with Crippen LogP contribution in [0.3, 0.4) is 0 Å². The Morgan fingerprint density at radius 3 is 2.65 bits per heavy atom. The van der Waals surface area contributed by atoms with Crippen LogP contribution in [0.15, 0.2) is 34.9 Å². The number of phenolic OH excluding ortho intramolecular Hbond substituents is 1. The summed E-state index contributed by atoms with van der Waals surface area (Å²) in [6.45, 7) is 3.20. The zero-order valence-electron chi connectivity index (χ0n) is 12.7. The molecule has 0 aliphatic carbocycles. The number of amides is 1. The van der Waals surface area contributed by atoms with Crippen LogP contribution in [0.2, 0.25) is 0 Å². The lowest BCUT2D eigenvalue weighted by molar-refractivity contribution is 0.0602. The van der Waals surface area contributed by atoms with Crippen molar-refractivity contribution in [2.24, 2.45) is 5.92 Å². The van der Waals surface area contributed by atoms with Crippen LogP contribution >= 0.6 is 0 Å². The van der Waals surface area contributed by atoms with Gasteiger partial charge in [-0.15, -0.1) is 0 Å². The molecule has 3 aliphatic rings. The number of benzene rings is 1. The molecule has 1 atom stereocenters. The van der Waals surface area contributed by atoms with E-state index in [1.165, 1.54) is 6.20 Å². The molecule has 120 valence electrons. The molecule has 4 heterocycles. The molecule has 23 heavy (non-hydrogen) atoms. The lowest BCUT2D eigenvalue weighted by Gasteiger charge is -2.44. The number of phenols is 1. The third-order valence-corrected chi connectivity index (χ3v) is 4.82. The van der Waals surface area contributed by atoms with Crippen LogP contribution in [0.1, 0.15) is 23.5 Å². The Morgan fingerprint density at radius 2 is 2.00 bits per heavy atom. The van der Waals surface area contributed by atoms with Gasteiger partial charge in [-0.05, 0) is 56.1 Å². The largest absolute Gasteiger partial charge is 0.508 e. The standard InChI is InChI=1S/C17H19N3O3/c21-13-3-1-12(2-4-13)15-9-18-17(23-15)16(22)19-14-10-20-7-5-11(14)6-8-20/h1-4,9,11,14,21H,5-8,10H2,(H,19,22). The molecule has 0 radical (unpaired) electrons. The number of oxazole rings is 1. The molecule has 1 aromatic heterocycles. The third-order valence-electron chi connectivity index (χ3n) is 4.82. The minimum Gasteiger partial charge on any atom is -0.508 e. The van der Waals surface area contributed by atoms with Crippen molar-refractivity contribution in [2.45, 2.75) is 18.9 Å². The molecule has 3 fully saturated rings. The Bertz CT molecular complexity index is 702. The van der Waals surface area contributed by atoms with Gasteiger partial charge >= 0.3 is 5.91 Å². The summed E-state index contributed by atoms with van der Waals surface area (Å²) in [6.07, 6.45) is 3.84. The normalized spacial score (nSPS) is 26.2. The first kappa shape index (κ1) is 14.3. The maximum atomic E-state index is 12.4. The van der Waals surface area contributed by atoms with Crippen molar-refractivity contribution in [2.75, 3.05) is 19.6 Å². The van der Waals surface area contributed by atoms with Gasteiger partial charge in [-0.25, -0.2) is 4.98 Å². The number of aromatic nitrogens is 1. The summed E-state index contributed by atoms with van der Waals surface area (Å²) in [5.74, 6) is 1.10. The van der Waals surface area contributed by atoms with Gasteiger partial charge in [0.1, 0.15) is 5.75 Å². The van der Waals surface area contributed by atoms with Crippen molar-refractivity contribution in [1.29, 1.82) is 0 Å². The lowest BCUT2D eigenvalue weighted by atomic mass is 9.84. The fourth-order valence-corrected chi connectivity index (χ4v) is 3.50.